The topological polar surface area (TPSA) is 38.9 Å². The highest BCUT2D eigenvalue weighted by Gasteiger charge is 2.10. The third-order valence-corrected chi connectivity index (χ3v) is 2.81. The lowest BCUT2D eigenvalue weighted by Crippen LogP contribution is -2.15. The summed E-state index contributed by atoms with van der Waals surface area (Å²) in [5, 5.41) is 0. The number of aryl methyl sites for hydroxylation is 1. The molecule has 0 aliphatic carbocycles. The van der Waals surface area contributed by atoms with Gasteiger partial charge in [0, 0.05) is 24.4 Å². The second-order valence-corrected chi connectivity index (χ2v) is 4.13. The lowest BCUT2D eigenvalue weighted by Gasteiger charge is -2.13. The Bertz CT molecular complexity index is 511. The molecular formula is C14H15FN2. The van der Waals surface area contributed by atoms with Gasteiger partial charge in [-0.05, 0) is 36.2 Å². The second kappa shape index (κ2) is 5.06. The van der Waals surface area contributed by atoms with E-state index >= 15 is 0 Å². The summed E-state index contributed by atoms with van der Waals surface area (Å²) < 4.78 is 13.1. The minimum atomic E-state index is -0.254. The van der Waals surface area contributed by atoms with Crippen molar-refractivity contribution >= 4 is 0 Å². The van der Waals surface area contributed by atoms with Crippen molar-refractivity contribution in [2.45, 2.75) is 19.4 Å². The monoisotopic (exact) mass is 230 g/mol. The van der Waals surface area contributed by atoms with Gasteiger partial charge in [-0.15, -0.1) is 0 Å². The van der Waals surface area contributed by atoms with Gasteiger partial charge in [-0.25, -0.2) is 4.39 Å². The number of pyridine rings is 1. The fourth-order valence-corrected chi connectivity index (χ4v) is 1.80. The first-order valence-corrected chi connectivity index (χ1v) is 5.58. The summed E-state index contributed by atoms with van der Waals surface area (Å²) in [6, 6.07) is 10.1. The minimum absolute atomic E-state index is 0.223. The third kappa shape index (κ3) is 2.88. The third-order valence-electron chi connectivity index (χ3n) is 2.81. The molecule has 2 nitrogen and oxygen atoms in total. The van der Waals surface area contributed by atoms with Gasteiger partial charge in [-0.1, -0.05) is 18.2 Å². The van der Waals surface area contributed by atoms with Crippen LogP contribution in [0.25, 0.3) is 0 Å². The van der Waals surface area contributed by atoms with Crippen LogP contribution in [0.2, 0.25) is 0 Å². The van der Waals surface area contributed by atoms with E-state index in [0.717, 1.165) is 16.8 Å². The summed E-state index contributed by atoms with van der Waals surface area (Å²) in [6.45, 7) is 2.00. The van der Waals surface area contributed by atoms with Crippen molar-refractivity contribution in [1.29, 1.82) is 0 Å². The van der Waals surface area contributed by atoms with Crippen LogP contribution in [0.3, 0.4) is 0 Å². The van der Waals surface area contributed by atoms with E-state index in [0.29, 0.717) is 6.42 Å². The number of hydrogen-bond acceptors (Lipinski definition) is 2. The number of hydrogen-bond donors (Lipinski definition) is 1. The van der Waals surface area contributed by atoms with Crippen molar-refractivity contribution in [2.24, 2.45) is 5.73 Å². The molecule has 2 aromatic rings. The zero-order valence-corrected chi connectivity index (χ0v) is 9.73. The van der Waals surface area contributed by atoms with E-state index in [-0.39, 0.29) is 11.9 Å². The van der Waals surface area contributed by atoms with Gasteiger partial charge < -0.3 is 5.73 Å². The Hall–Kier alpha value is -1.74. The molecule has 1 heterocycles. The molecule has 0 bridgehead atoms. The summed E-state index contributed by atoms with van der Waals surface area (Å²) in [5.41, 5.74) is 8.93. The van der Waals surface area contributed by atoms with Gasteiger partial charge in [-0.2, -0.15) is 0 Å². The summed E-state index contributed by atoms with van der Waals surface area (Å²) in [5.74, 6) is -0.254. The van der Waals surface area contributed by atoms with Gasteiger partial charge in [0.15, 0.2) is 0 Å². The number of benzene rings is 1. The molecule has 3 heteroatoms. The molecule has 0 saturated carbocycles. The Morgan fingerprint density at radius 3 is 2.82 bits per heavy atom. The van der Waals surface area contributed by atoms with Crippen LogP contribution < -0.4 is 5.73 Å². The normalized spacial score (nSPS) is 12.4. The Morgan fingerprint density at radius 1 is 1.29 bits per heavy atom. The molecule has 0 radical (unpaired) electrons. The van der Waals surface area contributed by atoms with Crippen molar-refractivity contribution in [3.05, 3.63) is 65.2 Å². The van der Waals surface area contributed by atoms with Crippen LogP contribution in [-0.2, 0) is 6.42 Å². The average molecular weight is 230 g/mol. The van der Waals surface area contributed by atoms with E-state index in [1.54, 1.807) is 12.3 Å². The van der Waals surface area contributed by atoms with E-state index in [1.807, 2.05) is 25.1 Å². The molecular weight excluding hydrogens is 215 g/mol. The molecule has 1 aromatic carbocycles. The number of rotatable bonds is 3. The molecule has 17 heavy (non-hydrogen) atoms. The predicted molar refractivity (Wildman–Crippen MR) is 66.0 cm³/mol. The van der Waals surface area contributed by atoms with Crippen LogP contribution in [0.4, 0.5) is 4.39 Å². The molecule has 2 N–H and O–H groups in total. The number of nitrogens with zero attached hydrogens (tertiary/aromatic N) is 1. The maximum absolute atomic E-state index is 13.1. The number of nitrogens with two attached hydrogens (primary N) is 1. The van der Waals surface area contributed by atoms with Gasteiger partial charge in [-0.3, -0.25) is 4.98 Å². The summed E-state index contributed by atoms with van der Waals surface area (Å²) in [7, 11) is 0. The highest BCUT2D eigenvalue weighted by Crippen LogP contribution is 2.17. The van der Waals surface area contributed by atoms with Crippen LogP contribution in [0, 0.1) is 12.7 Å². The van der Waals surface area contributed by atoms with Crippen molar-refractivity contribution in [3.63, 3.8) is 0 Å². The van der Waals surface area contributed by atoms with Crippen LogP contribution in [-0.4, -0.2) is 4.98 Å². The van der Waals surface area contributed by atoms with E-state index in [9.17, 15) is 4.39 Å². The molecule has 1 aromatic heterocycles. The van der Waals surface area contributed by atoms with Gasteiger partial charge in [0.2, 0.25) is 0 Å². The van der Waals surface area contributed by atoms with Crippen LogP contribution in [0.15, 0.2) is 42.6 Å². The maximum atomic E-state index is 13.1. The molecule has 88 valence electrons. The Morgan fingerprint density at radius 2 is 2.12 bits per heavy atom. The van der Waals surface area contributed by atoms with Crippen LogP contribution in [0.1, 0.15) is 22.9 Å². The standard InChI is InChI=1S/C14H15FN2/c1-10-4-3-7-17-14(10)9-13(16)11-5-2-6-12(15)8-11/h2-8,13H,9,16H2,1H3. The Labute approximate surface area is 100 Å². The van der Waals surface area contributed by atoms with E-state index in [2.05, 4.69) is 4.98 Å². The second-order valence-electron chi connectivity index (χ2n) is 4.13. The van der Waals surface area contributed by atoms with Crippen LogP contribution >= 0.6 is 0 Å². The van der Waals surface area contributed by atoms with Gasteiger partial charge >= 0.3 is 0 Å². The van der Waals surface area contributed by atoms with E-state index in [4.69, 9.17) is 5.73 Å². The summed E-state index contributed by atoms with van der Waals surface area (Å²) in [6.07, 6.45) is 2.37. The largest absolute Gasteiger partial charge is 0.324 e. The van der Waals surface area contributed by atoms with Crippen molar-refractivity contribution in [1.82, 2.24) is 4.98 Å². The smallest absolute Gasteiger partial charge is 0.123 e. The zero-order chi connectivity index (χ0) is 12.3. The maximum Gasteiger partial charge on any atom is 0.123 e. The van der Waals surface area contributed by atoms with E-state index in [1.165, 1.54) is 12.1 Å². The van der Waals surface area contributed by atoms with Crippen molar-refractivity contribution in [3.8, 4) is 0 Å². The molecule has 0 saturated heterocycles. The fraction of sp³-hybridized carbons (Fsp3) is 0.214. The predicted octanol–water partition coefficient (Wildman–Crippen LogP) is 2.77. The highest BCUT2D eigenvalue weighted by atomic mass is 19.1. The molecule has 1 atom stereocenters. The molecule has 0 amide bonds. The molecule has 0 aliphatic rings. The first-order valence-electron chi connectivity index (χ1n) is 5.58. The average Bonchev–Trinajstić information content (AvgIpc) is 2.32. The molecule has 0 aliphatic heterocycles. The first-order chi connectivity index (χ1) is 8.16. The number of halogens is 1. The van der Waals surface area contributed by atoms with Crippen molar-refractivity contribution in [2.75, 3.05) is 0 Å². The van der Waals surface area contributed by atoms with Crippen molar-refractivity contribution < 1.29 is 4.39 Å². The Balaban J connectivity index is 2.17. The quantitative estimate of drug-likeness (QED) is 0.880. The lowest BCUT2D eigenvalue weighted by molar-refractivity contribution is 0.617. The molecule has 0 fully saturated rings. The highest BCUT2D eigenvalue weighted by molar-refractivity contribution is 5.24. The van der Waals surface area contributed by atoms with Gasteiger partial charge in [0.25, 0.3) is 0 Å². The van der Waals surface area contributed by atoms with Gasteiger partial charge in [0.1, 0.15) is 5.82 Å². The molecule has 0 spiro atoms. The minimum Gasteiger partial charge on any atom is -0.324 e. The Kier molecular flexibility index (Phi) is 3.49. The number of aromatic nitrogens is 1. The lowest BCUT2D eigenvalue weighted by atomic mass is 10.0. The fourth-order valence-electron chi connectivity index (χ4n) is 1.80. The zero-order valence-electron chi connectivity index (χ0n) is 9.73. The van der Waals surface area contributed by atoms with Gasteiger partial charge in [0.05, 0.1) is 0 Å². The molecule has 2 rings (SSSR count). The molecule has 1 unspecified atom stereocenters. The summed E-state index contributed by atoms with van der Waals surface area (Å²) in [4.78, 5) is 4.29. The summed E-state index contributed by atoms with van der Waals surface area (Å²) >= 11 is 0. The van der Waals surface area contributed by atoms with Crippen LogP contribution in [0.5, 0.6) is 0 Å². The van der Waals surface area contributed by atoms with E-state index < -0.39 is 0 Å². The SMILES string of the molecule is Cc1cccnc1CC(N)c1cccc(F)c1. The first kappa shape index (κ1) is 11.7.